The second kappa shape index (κ2) is 9.78. The average molecular weight is 429 g/mol. The van der Waals surface area contributed by atoms with Crippen LogP contribution in [0.15, 0.2) is 88.5 Å². The number of carbonyl (C=O) groups excluding carboxylic acids is 1. The normalized spacial score (nSPS) is 10.8. The number of nitrogens with zero attached hydrogens (tertiary/aromatic N) is 1. The molecule has 0 fully saturated rings. The molecule has 1 aromatic heterocycles. The summed E-state index contributed by atoms with van der Waals surface area (Å²) in [7, 11) is 0. The molecule has 0 atom stereocenters. The smallest absolute Gasteiger partial charge is 0.273 e. The van der Waals surface area contributed by atoms with Crippen molar-refractivity contribution in [1.29, 1.82) is 0 Å². The summed E-state index contributed by atoms with van der Waals surface area (Å²) in [6, 6.07) is 24.3. The summed E-state index contributed by atoms with van der Waals surface area (Å²) in [6.45, 7) is 0.718. The lowest BCUT2D eigenvalue weighted by molar-refractivity contribution is -0.121. The highest BCUT2D eigenvalue weighted by Gasteiger charge is 2.09. The molecule has 0 radical (unpaired) electrons. The number of H-pyrrole nitrogens is 1. The first-order chi connectivity index (χ1) is 15.6. The fourth-order valence-corrected chi connectivity index (χ4v) is 3.51. The Balaban J connectivity index is 1.30. The first-order valence-electron chi connectivity index (χ1n) is 10.4. The summed E-state index contributed by atoms with van der Waals surface area (Å²) >= 11 is 0. The van der Waals surface area contributed by atoms with Gasteiger partial charge in [-0.3, -0.25) is 19.5 Å². The van der Waals surface area contributed by atoms with Crippen molar-refractivity contribution in [3.63, 3.8) is 0 Å². The number of aromatic amines is 1. The molecule has 0 bridgehead atoms. The van der Waals surface area contributed by atoms with E-state index >= 15 is 0 Å². The summed E-state index contributed by atoms with van der Waals surface area (Å²) in [5.41, 5.74) is 1.36. The van der Waals surface area contributed by atoms with Gasteiger partial charge < -0.3 is 10.1 Å². The van der Waals surface area contributed by atoms with Gasteiger partial charge in [-0.2, -0.15) is 0 Å². The Kier molecular flexibility index (Phi) is 6.46. The van der Waals surface area contributed by atoms with Crippen molar-refractivity contribution in [2.45, 2.75) is 13.0 Å². The van der Waals surface area contributed by atoms with Crippen molar-refractivity contribution in [3.05, 3.63) is 99.6 Å². The zero-order chi connectivity index (χ0) is 22.3. The van der Waals surface area contributed by atoms with Crippen LogP contribution in [0.25, 0.3) is 21.9 Å². The Hall–Kier alpha value is -4.13. The van der Waals surface area contributed by atoms with E-state index in [1.165, 1.54) is 4.68 Å². The molecule has 162 valence electrons. The zero-order valence-electron chi connectivity index (χ0n) is 17.4. The molecule has 4 aromatic rings. The monoisotopic (exact) mass is 429 g/mol. The number of carbonyl (C=O) groups is 1. The number of benzene rings is 3. The van der Waals surface area contributed by atoms with Gasteiger partial charge in [-0.05, 0) is 23.8 Å². The van der Waals surface area contributed by atoms with Crippen LogP contribution in [-0.2, 0) is 11.3 Å². The largest absolute Gasteiger partial charge is 0.491 e. The lowest BCUT2D eigenvalue weighted by Gasteiger charge is -2.12. The van der Waals surface area contributed by atoms with E-state index in [1.807, 2.05) is 54.6 Å². The van der Waals surface area contributed by atoms with Gasteiger partial charge in [0.05, 0.1) is 23.9 Å². The molecule has 1 amide bonds. The van der Waals surface area contributed by atoms with E-state index in [1.54, 1.807) is 24.3 Å². The molecule has 3 aromatic carbocycles. The quantitative estimate of drug-likeness (QED) is 0.421. The maximum Gasteiger partial charge on any atom is 0.273 e. The van der Waals surface area contributed by atoms with Crippen LogP contribution in [0.4, 0.5) is 0 Å². The summed E-state index contributed by atoms with van der Waals surface area (Å²) in [4.78, 5) is 36.8. The molecule has 0 saturated carbocycles. The first kappa shape index (κ1) is 21.1. The minimum absolute atomic E-state index is 0.0643. The minimum atomic E-state index is -0.355. The summed E-state index contributed by atoms with van der Waals surface area (Å²) in [5.74, 6) is 0.513. The second-order valence-corrected chi connectivity index (χ2v) is 7.25. The van der Waals surface area contributed by atoms with Crippen LogP contribution in [0, 0.1) is 0 Å². The van der Waals surface area contributed by atoms with Crippen molar-refractivity contribution < 1.29 is 9.53 Å². The number of fused-ring (bicyclic) bond motifs is 1. The SMILES string of the molecule is O=C(CCn1[nH]c(=O)c2ccccc2c1=O)NCCOc1ccccc1-c1ccccc1. The van der Waals surface area contributed by atoms with Crippen LogP contribution in [0.3, 0.4) is 0 Å². The van der Waals surface area contributed by atoms with Gasteiger partial charge in [0.25, 0.3) is 11.1 Å². The average Bonchev–Trinajstić information content (AvgIpc) is 2.84. The molecule has 32 heavy (non-hydrogen) atoms. The van der Waals surface area contributed by atoms with Gasteiger partial charge in [-0.25, -0.2) is 4.68 Å². The fourth-order valence-electron chi connectivity index (χ4n) is 3.51. The zero-order valence-corrected chi connectivity index (χ0v) is 17.4. The van der Waals surface area contributed by atoms with Crippen molar-refractivity contribution in [3.8, 4) is 16.9 Å². The van der Waals surface area contributed by atoms with Crippen molar-refractivity contribution in [2.75, 3.05) is 13.2 Å². The van der Waals surface area contributed by atoms with Gasteiger partial charge in [0.1, 0.15) is 12.4 Å². The topological polar surface area (TPSA) is 93.2 Å². The molecule has 1 heterocycles. The molecule has 0 saturated heterocycles. The van der Waals surface area contributed by atoms with E-state index in [-0.39, 0.29) is 30.0 Å². The molecular weight excluding hydrogens is 406 g/mol. The van der Waals surface area contributed by atoms with E-state index in [4.69, 9.17) is 4.74 Å². The van der Waals surface area contributed by atoms with Gasteiger partial charge in [0.2, 0.25) is 5.91 Å². The minimum Gasteiger partial charge on any atom is -0.491 e. The van der Waals surface area contributed by atoms with Crippen LogP contribution in [0.5, 0.6) is 5.75 Å². The number of rotatable bonds is 8. The maximum atomic E-state index is 12.5. The Morgan fingerprint density at radius 1 is 0.875 bits per heavy atom. The summed E-state index contributed by atoms with van der Waals surface area (Å²) in [6.07, 6.45) is 0.0643. The van der Waals surface area contributed by atoms with E-state index in [9.17, 15) is 14.4 Å². The van der Waals surface area contributed by atoms with Gasteiger partial charge in [-0.15, -0.1) is 0 Å². The molecule has 4 rings (SSSR count). The molecule has 2 N–H and O–H groups in total. The molecule has 0 aliphatic heterocycles. The molecule has 0 spiro atoms. The Morgan fingerprint density at radius 3 is 2.38 bits per heavy atom. The number of nitrogens with one attached hydrogen (secondary N) is 2. The van der Waals surface area contributed by atoms with Crippen molar-refractivity contribution in [2.24, 2.45) is 0 Å². The number of hydrogen-bond donors (Lipinski definition) is 2. The lowest BCUT2D eigenvalue weighted by Crippen LogP contribution is -2.33. The predicted molar refractivity (Wildman–Crippen MR) is 124 cm³/mol. The molecule has 7 nitrogen and oxygen atoms in total. The van der Waals surface area contributed by atoms with Gasteiger partial charge in [-0.1, -0.05) is 60.7 Å². The van der Waals surface area contributed by atoms with Crippen LogP contribution < -0.4 is 21.2 Å². The number of hydrogen-bond acceptors (Lipinski definition) is 4. The maximum absolute atomic E-state index is 12.5. The van der Waals surface area contributed by atoms with E-state index < -0.39 is 0 Å². The van der Waals surface area contributed by atoms with Crippen molar-refractivity contribution >= 4 is 16.7 Å². The Labute approximate surface area is 184 Å². The van der Waals surface area contributed by atoms with E-state index in [0.717, 1.165) is 16.9 Å². The van der Waals surface area contributed by atoms with Gasteiger partial charge >= 0.3 is 0 Å². The third-order valence-electron chi connectivity index (χ3n) is 5.10. The Morgan fingerprint density at radius 2 is 1.56 bits per heavy atom. The highest BCUT2D eigenvalue weighted by atomic mass is 16.5. The molecule has 7 heteroatoms. The van der Waals surface area contributed by atoms with E-state index in [0.29, 0.717) is 23.9 Å². The van der Waals surface area contributed by atoms with Crippen LogP contribution in [0.2, 0.25) is 0 Å². The first-order valence-corrected chi connectivity index (χ1v) is 10.4. The second-order valence-electron chi connectivity index (χ2n) is 7.25. The number of para-hydroxylation sites is 1. The third-order valence-corrected chi connectivity index (χ3v) is 5.10. The summed E-state index contributed by atoms with van der Waals surface area (Å²) < 4.78 is 7.05. The summed E-state index contributed by atoms with van der Waals surface area (Å²) in [5, 5.41) is 5.99. The third kappa shape index (κ3) is 4.78. The Bertz CT molecular complexity index is 1340. The van der Waals surface area contributed by atoms with Crippen LogP contribution in [-0.4, -0.2) is 28.8 Å². The molecule has 0 aliphatic carbocycles. The number of amides is 1. The predicted octanol–water partition coefficient (Wildman–Crippen LogP) is 2.94. The highest BCUT2D eigenvalue weighted by molar-refractivity contribution is 5.80. The van der Waals surface area contributed by atoms with Gasteiger partial charge in [0, 0.05) is 12.0 Å². The van der Waals surface area contributed by atoms with E-state index in [2.05, 4.69) is 10.4 Å². The number of aryl methyl sites for hydroxylation is 1. The standard InChI is InChI=1S/C25H23N3O4/c29-23(14-16-28-25(31)21-12-5-4-11-20(21)24(30)27-28)26-15-17-32-22-13-7-6-10-19(22)18-8-2-1-3-9-18/h1-13H,14-17H2,(H,26,29)(H,27,30). The molecular formula is C25H23N3O4. The number of ether oxygens (including phenoxy) is 1. The highest BCUT2D eigenvalue weighted by Crippen LogP contribution is 2.29. The van der Waals surface area contributed by atoms with Crippen LogP contribution in [0.1, 0.15) is 6.42 Å². The number of aromatic nitrogens is 2. The van der Waals surface area contributed by atoms with Crippen molar-refractivity contribution in [1.82, 2.24) is 15.1 Å². The lowest BCUT2D eigenvalue weighted by atomic mass is 10.1. The van der Waals surface area contributed by atoms with Crippen LogP contribution >= 0.6 is 0 Å². The molecule has 0 unspecified atom stereocenters. The molecule has 0 aliphatic rings. The fraction of sp³-hybridized carbons (Fsp3) is 0.160. The van der Waals surface area contributed by atoms with Gasteiger partial charge in [0.15, 0.2) is 0 Å².